The molecular formula is C21H25NO2. The van der Waals surface area contributed by atoms with Gasteiger partial charge in [-0.1, -0.05) is 67.6 Å². The third-order valence-corrected chi connectivity index (χ3v) is 4.30. The summed E-state index contributed by atoms with van der Waals surface area (Å²) in [6.07, 6.45) is 1.40. The van der Waals surface area contributed by atoms with Gasteiger partial charge in [0.1, 0.15) is 0 Å². The molecule has 3 heteroatoms. The maximum atomic E-state index is 12.7. The van der Waals surface area contributed by atoms with Gasteiger partial charge in [0.15, 0.2) is 5.78 Å². The van der Waals surface area contributed by atoms with Crippen LogP contribution in [-0.4, -0.2) is 22.6 Å². The van der Waals surface area contributed by atoms with Crippen molar-refractivity contribution < 1.29 is 9.59 Å². The first-order valence-corrected chi connectivity index (χ1v) is 8.53. The fourth-order valence-corrected chi connectivity index (χ4v) is 2.62. The lowest BCUT2D eigenvalue weighted by atomic mass is 10.1. The number of carbonyl (C=O) groups excluding carboxylic acids is 2. The minimum Gasteiger partial charge on any atom is -0.336 e. The van der Waals surface area contributed by atoms with Crippen molar-refractivity contribution in [3.8, 4) is 0 Å². The molecule has 126 valence electrons. The van der Waals surface area contributed by atoms with Gasteiger partial charge in [0.25, 0.3) is 0 Å². The first-order chi connectivity index (χ1) is 11.6. The van der Waals surface area contributed by atoms with Crippen LogP contribution in [0.15, 0.2) is 60.7 Å². The zero-order valence-corrected chi connectivity index (χ0v) is 14.4. The number of benzene rings is 2. The summed E-state index contributed by atoms with van der Waals surface area (Å²) in [5.41, 5.74) is 1.78. The molecule has 0 saturated carbocycles. The van der Waals surface area contributed by atoms with Gasteiger partial charge in [-0.3, -0.25) is 9.59 Å². The minimum atomic E-state index is 0.0211. The molecule has 0 N–H and O–H groups in total. The lowest BCUT2D eigenvalue weighted by molar-refractivity contribution is -0.134. The van der Waals surface area contributed by atoms with E-state index < -0.39 is 0 Å². The van der Waals surface area contributed by atoms with Gasteiger partial charge in [-0.15, -0.1) is 0 Å². The van der Waals surface area contributed by atoms with Crippen LogP contribution in [-0.2, 0) is 11.3 Å². The second-order valence-corrected chi connectivity index (χ2v) is 6.05. The van der Waals surface area contributed by atoms with E-state index in [2.05, 4.69) is 13.8 Å². The number of hydrogen-bond acceptors (Lipinski definition) is 2. The Balaban J connectivity index is 1.99. The van der Waals surface area contributed by atoms with Crippen LogP contribution in [0.4, 0.5) is 0 Å². The number of hydrogen-bond donors (Lipinski definition) is 0. The Morgan fingerprint density at radius 1 is 0.917 bits per heavy atom. The Morgan fingerprint density at radius 3 is 2.08 bits per heavy atom. The Hall–Kier alpha value is -2.42. The molecule has 1 unspecified atom stereocenters. The van der Waals surface area contributed by atoms with Gasteiger partial charge >= 0.3 is 0 Å². The molecule has 0 aliphatic carbocycles. The number of amides is 1. The van der Waals surface area contributed by atoms with E-state index in [0.717, 1.165) is 12.0 Å². The molecule has 1 atom stereocenters. The number of nitrogens with zero attached hydrogens (tertiary/aromatic N) is 1. The topological polar surface area (TPSA) is 37.4 Å². The lowest BCUT2D eigenvalue weighted by Gasteiger charge is -2.29. The minimum absolute atomic E-state index is 0.0211. The van der Waals surface area contributed by atoms with Crippen molar-refractivity contribution in [2.24, 2.45) is 0 Å². The summed E-state index contributed by atoms with van der Waals surface area (Å²) < 4.78 is 0. The number of ketones is 1. The van der Waals surface area contributed by atoms with Crippen LogP contribution in [0.1, 0.15) is 49.0 Å². The van der Waals surface area contributed by atoms with Crippen molar-refractivity contribution in [3.63, 3.8) is 0 Å². The summed E-state index contributed by atoms with van der Waals surface area (Å²) in [7, 11) is 0. The molecule has 3 nitrogen and oxygen atoms in total. The number of rotatable bonds is 8. The molecular weight excluding hydrogens is 298 g/mol. The van der Waals surface area contributed by atoms with E-state index in [0.29, 0.717) is 12.1 Å². The molecule has 0 radical (unpaired) electrons. The largest absolute Gasteiger partial charge is 0.336 e. The molecule has 1 amide bonds. The molecule has 0 fully saturated rings. The average molecular weight is 323 g/mol. The van der Waals surface area contributed by atoms with Gasteiger partial charge < -0.3 is 4.90 Å². The van der Waals surface area contributed by atoms with Crippen LogP contribution in [0.25, 0.3) is 0 Å². The first kappa shape index (κ1) is 17.9. The summed E-state index contributed by atoms with van der Waals surface area (Å²) in [5, 5.41) is 0. The highest BCUT2D eigenvalue weighted by Gasteiger charge is 2.20. The summed E-state index contributed by atoms with van der Waals surface area (Å²) in [6.45, 7) is 4.72. The second kappa shape index (κ2) is 9.02. The van der Waals surface area contributed by atoms with Crippen molar-refractivity contribution in [1.82, 2.24) is 4.90 Å². The monoisotopic (exact) mass is 323 g/mol. The van der Waals surface area contributed by atoms with E-state index in [-0.39, 0.29) is 30.6 Å². The smallest absolute Gasteiger partial charge is 0.223 e. The van der Waals surface area contributed by atoms with Crippen molar-refractivity contribution in [3.05, 3.63) is 71.8 Å². The van der Waals surface area contributed by atoms with Gasteiger partial charge in [0.05, 0.1) is 0 Å². The lowest BCUT2D eigenvalue weighted by Crippen LogP contribution is -2.37. The van der Waals surface area contributed by atoms with Crippen molar-refractivity contribution in [2.45, 2.75) is 45.7 Å². The highest BCUT2D eigenvalue weighted by Crippen LogP contribution is 2.14. The fourth-order valence-electron chi connectivity index (χ4n) is 2.62. The third kappa shape index (κ3) is 5.05. The Morgan fingerprint density at radius 2 is 1.50 bits per heavy atom. The second-order valence-electron chi connectivity index (χ2n) is 6.05. The molecule has 0 heterocycles. The predicted molar refractivity (Wildman–Crippen MR) is 96.8 cm³/mol. The molecule has 0 spiro atoms. The normalized spacial score (nSPS) is 11.8. The van der Waals surface area contributed by atoms with E-state index in [9.17, 15) is 9.59 Å². The average Bonchev–Trinajstić information content (AvgIpc) is 2.64. The molecule has 0 aliphatic rings. The maximum Gasteiger partial charge on any atom is 0.223 e. The Kier molecular flexibility index (Phi) is 6.74. The number of carbonyl (C=O) groups is 2. The first-order valence-electron chi connectivity index (χ1n) is 8.53. The molecule has 2 aromatic rings. The van der Waals surface area contributed by atoms with Gasteiger partial charge in [-0.25, -0.2) is 0 Å². The Bertz CT molecular complexity index is 652. The molecule has 0 saturated heterocycles. The van der Waals surface area contributed by atoms with E-state index >= 15 is 0 Å². The van der Waals surface area contributed by atoms with Crippen LogP contribution in [0.2, 0.25) is 0 Å². The summed E-state index contributed by atoms with van der Waals surface area (Å²) in [4.78, 5) is 26.7. The van der Waals surface area contributed by atoms with E-state index in [1.54, 1.807) is 12.1 Å². The van der Waals surface area contributed by atoms with Crippen LogP contribution in [0.3, 0.4) is 0 Å². The highest BCUT2D eigenvalue weighted by atomic mass is 16.2. The fraction of sp³-hybridized carbons (Fsp3) is 0.333. The maximum absolute atomic E-state index is 12.7. The van der Waals surface area contributed by atoms with Crippen LogP contribution >= 0.6 is 0 Å². The Labute approximate surface area is 144 Å². The molecule has 0 aromatic heterocycles. The zero-order valence-electron chi connectivity index (χ0n) is 14.4. The summed E-state index contributed by atoms with van der Waals surface area (Å²) in [6, 6.07) is 19.3. The van der Waals surface area contributed by atoms with Crippen LogP contribution < -0.4 is 0 Å². The van der Waals surface area contributed by atoms with Crippen LogP contribution in [0.5, 0.6) is 0 Å². The van der Waals surface area contributed by atoms with E-state index in [4.69, 9.17) is 0 Å². The zero-order chi connectivity index (χ0) is 17.4. The van der Waals surface area contributed by atoms with Crippen molar-refractivity contribution in [2.75, 3.05) is 0 Å². The van der Waals surface area contributed by atoms with E-state index in [1.807, 2.05) is 53.4 Å². The quantitative estimate of drug-likeness (QED) is 0.672. The predicted octanol–water partition coefficient (Wildman–Crippen LogP) is 4.48. The SMILES string of the molecule is CCC(C)N(Cc1ccccc1)C(=O)CCC(=O)c1ccccc1. The third-order valence-electron chi connectivity index (χ3n) is 4.30. The highest BCUT2D eigenvalue weighted by molar-refractivity contribution is 5.97. The number of Topliss-reactive ketones (excluding diaryl/α,β-unsaturated/α-hetero) is 1. The van der Waals surface area contributed by atoms with Gasteiger partial charge in [-0.2, -0.15) is 0 Å². The van der Waals surface area contributed by atoms with E-state index in [1.165, 1.54) is 0 Å². The molecule has 2 aromatic carbocycles. The molecule has 2 rings (SSSR count). The van der Waals surface area contributed by atoms with Gasteiger partial charge in [-0.05, 0) is 18.9 Å². The van der Waals surface area contributed by atoms with Gasteiger partial charge in [0.2, 0.25) is 5.91 Å². The summed E-state index contributed by atoms with van der Waals surface area (Å²) in [5.74, 6) is 0.0604. The van der Waals surface area contributed by atoms with Crippen LogP contribution in [0, 0.1) is 0 Å². The molecule has 0 bridgehead atoms. The summed E-state index contributed by atoms with van der Waals surface area (Å²) >= 11 is 0. The van der Waals surface area contributed by atoms with Gasteiger partial charge in [0, 0.05) is 31.0 Å². The van der Waals surface area contributed by atoms with Crippen molar-refractivity contribution >= 4 is 11.7 Å². The van der Waals surface area contributed by atoms with Crippen molar-refractivity contribution in [1.29, 1.82) is 0 Å². The standard InChI is InChI=1S/C21H25NO2/c1-3-17(2)22(16-18-10-6-4-7-11-18)21(24)15-14-20(23)19-12-8-5-9-13-19/h4-13,17H,3,14-16H2,1-2H3. The molecule has 0 aliphatic heterocycles. The molecule has 24 heavy (non-hydrogen) atoms.